The van der Waals surface area contributed by atoms with E-state index in [9.17, 15) is 22.8 Å². The second-order valence-corrected chi connectivity index (χ2v) is 7.24. The van der Waals surface area contributed by atoms with Gasteiger partial charge in [0.2, 0.25) is 0 Å². The van der Waals surface area contributed by atoms with Crippen molar-refractivity contribution in [2.75, 3.05) is 13.1 Å². The minimum atomic E-state index is -4.52. The van der Waals surface area contributed by atoms with Crippen molar-refractivity contribution in [3.05, 3.63) is 42.0 Å². The molecule has 0 radical (unpaired) electrons. The van der Waals surface area contributed by atoms with E-state index >= 15 is 0 Å². The zero-order valence-corrected chi connectivity index (χ0v) is 15.0. The third-order valence-electron chi connectivity index (χ3n) is 5.37. The monoisotopic (exact) mass is 410 g/mol. The number of carbonyl (C=O) groups excluding carboxylic acids is 1. The van der Waals surface area contributed by atoms with Crippen LogP contribution in [0.15, 0.2) is 30.7 Å². The van der Waals surface area contributed by atoms with Crippen LogP contribution < -0.4 is 4.74 Å². The highest BCUT2D eigenvalue weighted by molar-refractivity contribution is 5.86. The lowest BCUT2D eigenvalue weighted by Crippen LogP contribution is -2.34. The third kappa shape index (κ3) is 3.76. The van der Waals surface area contributed by atoms with Crippen LogP contribution in [0, 0.1) is 11.8 Å². The van der Waals surface area contributed by atoms with Crippen molar-refractivity contribution in [1.82, 2.24) is 19.7 Å². The summed E-state index contributed by atoms with van der Waals surface area (Å²) in [6, 6.07) is 1.71. The molecule has 2 aromatic rings. The zero-order chi connectivity index (χ0) is 20.8. The van der Waals surface area contributed by atoms with Gasteiger partial charge in [0, 0.05) is 25.5 Å². The molecule has 8 nitrogen and oxygen atoms in total. The van der Waals surface area contributed by atoms with Crippen LogP contribution in [-0.4, -0.2) is 56.0 Å². The van der Waals surface area contributed by atoms with Crippen LogP contribution in [0.25, 0.3) is 0 Å². The molecule has 2 fully saturated rings. The lowest BCUT2D eigenvalue weighted by atomic mass is 10.0. The summed E-state index contributed by atoms with van der Waals surface area (Å²) in [6.45, 7) is 0.843. The fourth-order valence-corrected chi connectivity index (χ4v) is 4.07. The van der Waals surface area contributed by atoms with Crippen molar-refractivity contribution in [2.45, 2.75) is 25.1 Å². The lowest BCUT2D eigenvalue weighted by Gasteiger charge is -2.21. The second-order valence-electron chi connectivity index (χ2n) is 7.24. The van der Waals surface area contributed by atoms with Crippen LogP contribution in [0.5, 0.6) is 5.75 Å². The van der Waals surface area contributed by atoms with Crippen LogP contribution in [0.1, 0.15) is 28.9 Å². The molecule has 2 unspecified atom stereocenters. The highest BCUT2D eigenvalue weighted by atomic mass is 19.4. The standard InChI is InChI=1S/C18H17F3N4O4/c19-18(20,21)13-1-3-22-7-15(13)29-12-5-10-8-24(9-11(10)6-12)17(28)25-4-2-14(23-25)16(26)27/h1-4,7,10-12H,5-6,8-9H2,(H,26,27). The summed E-state index contributed by atoms with van der Waals surface area (Å²) in [5, 5.41) is 12.6. The number of carbonyl (C=O) groups is 2. The second kappa shape index (κ2) is 7.05. The molecule has 3 heterocycles. The Hall–Kier alpha value is -3.11. The number of fused-ring (bicyclic) bond motifs is 1. The van der Waals surface area contributed by atoms with Gasteiger partial charge in [-0.25, -0.2) is 9.59 Å². The average Bonchev–Trinajstić information content (AvgIpc) is 3.35. The largest absolute Gasteiger partial charge is 0.488 e. The van der Waals surface area contributed by atoms with Gasteiger partial charge in [-0.1, -0.05) is 0 Å². The smallest absolute Gasteiger partial charge is 0.420 e. The number of halogens is 3. The number of alkyl halides is 3. The van der Waals surface area contributed by atoms with Gasteiger partial charge < -0.3 is 14.7 Å². The van der Waals surface area contributed by atoms with E-state index < -0.39 is 23.7 Å². The Balaban J connectivity index is 1.38. The van der Waals surface area contributed by atoms with Crippen LogP contribution in [0.4, 0.5) is 18.0 Å². The number of carboxylic acids is 1. The number of likely N-dealkylation sites (tertiary alicyclic amines) is 1. The van der Waals surface area contributed by atoms with Gasteiger partial charge in [0.05, 0.1) is 12.3 Å². The Bertz CT molecular complexity index is 931. The molecule has 1 amide bonds. The first kappa shape index (κ1) is 19.2. The molecular formula is C18H17F3N4O4. The van der Waals surface area contributed by atoms with Crippen LogP contribution in [0.3, 0.4) is 0 Å². The first-order valence-corrected chi connectivity index (χ1v) is 8.98. The molecule has 4 rings (SSSR count). The maximum Gasteiger partial charge on any atom is 0.420 e. The first-order chi connectivity index (χ1) is 13.7. The number of aromatic nitrogens is 3. The summed E-state index contributed by atoms with van der Waals surface area (Å²) in [5.41, 5.74) is -1.07. The fraction of sp³-hybridized carbons (Fsp3) is 0.444. The summed E-state index contributed by atoms with van der Waals surface area (Å²) < 4.78 is 45.9. The van der Waals surface area contributed by atoms with E-state index in [1.165, 1.54) is 12.3 Å². The van der Waals surface area contributed by atoms with Crippen LogP contribution in [0.2, 0.25) is 0 Å². The predicted molar refractivity (Wildman–Crippen MR) is 91.4 cm³/mol. The van der Waals surface area contributed by atoms with E-state index in [-0.39, 0.29) is 29.4 Å². The molecule has 2 aliphatic rings. The summed E-state index contributed by atoms with van der Waals surface area (Å²) in [6.07, 6.45) is -0.393. The molecule has 29 heavy (non-hydrogen) atoms. The van der Waals surface area contributed by atoms with Crippen molar-refractivity contribution in [1.29, 1.82) is 0 Å². The van der Waals surface area contributed by atoms with Crippen molar-refractivity contribution < 1.29 is 32.6 Å². The number of ether oxygens (including phenoxy) is 1. The van der Waals surface area contributed by atoms with E-state index in [1.54, 1.807) is 4.90 Å². The topological polar surface area (TPSA) is 97.5 Å². The van der Waals surface area contributed by atoms with Gasteiger partial charge in [0.1, 0.15) is 11.3 Å². The summed E-state index contributed by atoms with van der Waals surface area (Å²) >= 11 is 0. The molecule has 1 N–H and O–H groups in total. The number of hydrogen-bond acceptors (Lipinski definition) is 5. The molecule has 11 heteroatoms. The molecule has 2 atom stereocenters. The number of hydrogen-bond donors (Lipinski definition) is 1. The molecule has 154 valence electrons. The van der Waals surface area contributed by atoms with Crippen molar-refractivity contribution in [3.8, 4) is 5.75 Å². The van der Waals surface area contributed by atoms with E-state index in [1.807, 2.05) is 0 Å². The zero-order valence-electron chi connectivity index (χ0n) is 15.0. The van der Waals surface area contributed by atoms with E-state index in [2.05, 4.69) is 10.1 Å². The number of nitrogens with zero attached hydrogens (tertiary/aromatic N) is 4. The molecular weight excluding hydrogens is 393 g/mol. The van der Waals surface area contributed by atoms with Gasteiger partial charge in [0.15, 0.2) is 5.69 Å². The molecule has 1 saturated heterocycles. The Morgan fingerprint density at radius 3 is 2.45 bits per heavy atom. The van der Waals surface area contributed by atoms with Gasteiger partial charge in [-0.05, 0) is 36.8 Å². The summed E-state index contributed by atoms with van der Waals surface area (Å²) in [4.78, 5) is 28.7. The average molecular weight is 410 g/mol. The Labute approximate surface area is 162 Å². The van der Waals surface area contributed by atoms with Gasteiger partial charge in [-0.2, -0.15) is 23.0 Å². The maximum absolute atomic E-state index is 13.1. The lowest BCUT2D eigenvalue weighted by molar-refractivity contribution is -0.139. The normalized spacial score (nSPS) is 23.8. The quantitative estimate of drug-likeness (QED) is 0.836. The summed E-state index contributed by atoms with van der Waals surface area (Å²) in [5.74, 6) is -1.30. The van der Waals surface area contributed by atoms with E-state index in [4.69, 9.17) is 9.84 Å². The number of amides is 1. The molecule has 2 aromatic heterocycles. The van der Waals surface area contributed by atoms with Gasteiger partial charge in [0.25, 0.3) is 0 Å². The van der Waals surface area contributed by atoms with Gasteiger partial charge in [-0.15, -0.1) is 0 Å². The van der Waals surface area contributed by atoms with E-state index in [0.717, 1.165) is 23.1 Å². The third-order valence-corrected chi connectivity index (χ3v) is 5.37. The van der Waals surface area contributed by atoms with Gasteiger partial charge in [-0.3, -0.25) is 4.98 Å². The minimum absolute atomic E-state index is 0.101. The van der Waals surface area contributed by atoms with Crippen molar-refractivity contribution in [3.63, 3.8) is 0 Å². The SMILES string of the molecule is O=C(O)c1ccn(C(=O)N2CC3CC(Oc4cnccc4C(F)(F)F)CC3C2)n1. The molecule has 0 bridgehead atoms. The highest BCUT2D eigenvalue weighted by Gasteiger charge is 2.44. The van der Waals surface area contributed by atoms with Gasteiger partial charge >= 0.3 is 18.2 Å². The fourth-order valence-electron chi connectivity index (χ4n) is 4.07. The predicted octanol–water partition coefficient (Wildman–Crippen LogP) is 2.75. The molecule has 1 aliphatic heterocycles. The maximum atomic E-state index is 13.1. The van der Waals surface area contributed by atoms with Crippen LogP contribution >= 0.6 is 0 Å². The number of pyridine rings is 1. The number of carboxylic acid groups (broad SMARTS) is 1. The van der Waals surface area contributed by atoms with E-state index in [0.29, 0.717) is 25.9 Å². The van der Waals surface area contributed by atoms with Crippen LogP contribution in [-0.2, 0) is 6.18 Å². The van der Waals surface area contributed by atoms with Crippen molar-refractivity contribution in [2.24, 2.45) is 11.8 Å². The minimum Gasteiger partial charge on any atom is -0.488 e. The Morgan fingerprint density at radius 1 is 1.17 bits per heavy atom. The van der Waals surface area contributed by atoms with Crippen molar-refractivity contribution >= 4 is 12.0 Å². The molecule has 0 spiro atoms. The highest BCUT2D eigenvalue weighted by Crippen LogP contribution is 2.42. The first-order valence-electron chi connectivity index (χ1n) is 8.98. The Kier molecular flexibility index (Phi) is 4.67. The summed E-state index contributed by atoms with van der Waals surface area (Å²) in [7, 11) is 0. The molecule has 1 saturated carbocycles. The number of rotatable bonds is 3. The molecule has 0 aromatic carbocycles. The number of aromatic carboxylic acids is 1. The Morgan fingerprint density at radius 2 is 1.86 bits per heavy atom. The molecule has 1 aliphatic carbocycles.